The number of benzene rings is 2. The first-order valence-electron chi connectivity index (χ1n) is 9.52. The summed E-state index contributed by atoms with van der Waals surface area (Å²) in [6, 6.07) is 16.1. The summed E-state index contributed by atoms with van der Waals surface area (Å²) in [5, 5.41) is 0. The summed E-state index contributed by atoms with van der Waals surface area (Å²) in [6.45, 7) is 0.692. The Kier molecular flexibility index (Phi) is 3.06. The minimum absolute atomic E-state index is 0.170. The van der Waals surface area contributed by atoms with E-state index in [2.05, 4.69) is 0 Å². The quantitative estimate of drug-likeness (QED) is 0.798. The standard InChI is InChI=1S/C23H16N2O4/c26-20-15-8-4-5-9-16(15)21(27)19-18(20)17-10-11-29-23(17)13-24(22(28)25(19)23)12-14-6-2-1-3-7-14/h1-11,17H,12-13H2/t17-,23-/m0/s1. The van der Waals surface area contributed by atoms with Crippen LogP contribution < -0.4 is 0 Å². The van der Waals surface area contributed by atoms with Gasteiger partial charge in [-0.15, -0.1) is 0 Å². The summed E-state index contributed by atoms with van der Waals surface area (Å²) in [6.07, 6.45) is 3.33. The van der Waals surface area contributed by atoms with Crippen LogP contribution in [0.2, 0.25) is 0 Å². The molecule has 29 heavy (non-hydrogen) atoms. The first kappa shape index (κ1) is 16.3. The highest BCUT2D eigenvalue weighted by Gasteiger charge is 2.67. The fraction of sp³-hybridized carbons (Fsp3) is 0.174. The third kappa shape index (κ3) is 1.93. The third-order valence-corrected chi connectivity index (χ3v) is 6.17. The molecule has 0 N–H and O–H groups in total. The molecular formula is C23H16N2O4. The summed E-state index contributed by atoms with van der Waals surface area (Å²) < 4.78 is 5.95. The summed E-state index contributed by atoms with van der Waals surface area (Å²) in [5.74, 6) is -0.950. The molecule has 3 aliphatic heterocycles. The van der Waals surface area contributed by atoms with Crippen molar-refractivity contribution in [2.24, 2.45) is 5.92 Å². The zero-order valence-corrected chi connectivity index (χ0v) is 15.4. The van der Waals surface area contributed by atoms with Crippen molar-refractivity contribution in [3.05, 3.63) is 94.9 Å². The Bertz CT molecular complexity index is 1170. The number of hydrogen-bond acceptors (Lipinski definition) is 4. The van der Waals surface area contributed by atoms with Crippen LogP contribution in [-0.2, 0) is 11.3 Å². The van der Waals surface area contributed by atoms with Gasteiger partial charge in [0.15, 0.2) is 5.78 Å². The zero-order valence-electron chi connectivity index (χ0n) is 15.4. The fourth-order valence-electron chi connectivity index (χ4n) is 4.93. The number of allylic oxidation sites excluding steroid dienone is 1. The summed E-state index contributed by atoms with van der Waals surface area (Å²) in [5.41, 5.74) is 1.19. The third-order valence-electron chi connectivity index (χ3n) is 6.17. The molecule has 0 bridgehead atoms. The average Bonchev–Trinajstić information content (AvgIpc) is 3.34. The molecule has 0 radical (unpaired) electrons. The van der Waals surface area contributed by atoms with Crippen molar-refractivity contribution < 1.29 is 19.1 Å². The van der Waals surface area contributed by atoms with E-state index in [0.717, 1.165) is 5.56 Å². The molecular weight excluding hydrogens is 368 g/mol. The predicted octanol–water partition coefficient (Wildman–Crippen LogP) is 3.13. The molecule has 6 rings (SSSR count). The van der Waals surface area contributed by atoms with E-state index in [1.165, 1.54) is 4.90 Å². The van der Waals surface area contributed by atoms with Crippen molar-refractivity contribution in [2.45, 2.75) is 12.3 Å². The van der Waals surface area contributed by atoms with Gasteiger partial charge in [-0.2, -0.15) is 0 Å². The monoisotopic (exact) mass is 384 g/mol. The van der Waals surface area contributed by atoms with Crippen LogP contribution in [0.1, 0.15) is 26.3 Å². The zero-order chi connectivity index (χ0) is 19.8. The molecule has 3 heterocycles. The maximum atomic E-state index is 13.4. The normalized spacial score (nSPS) is 26.5. The highest BCUT2D eigenvalue weighted by atomic mass is 16.5. The molecule has 4 aliphatic rings. The molecule has 2 amide bonds. The van der Waals surface area contributed by atoms with Gasteiger partial charge in [0.2, 0.25) is 11.5 Å². The lowest BCUT2D eigenvalue weighted by Crippen LogP contribution is -2.47. The molecule has 0 aromatic heterocycles. The van der Waals surface area contributed by atoms with Crippen LogP contribution in [0.15, 0.2) is 78.2 Å². The van der Waals surface area contributed by atoms with Gasteiger partial charge in [0.1, 0.15) is 5.70 Å². The van der Waals surface area contributed by atoms with Gasteiger partial charge in [0.05, 0.1) is 18.7 Å². The molecule has 1 spiro atoms. The fourth-order valence-corrected chi connectivity index (χ4v) is 4.93. The number of fused-ring (bicyclic) bond motifs is 3. The SMILES string of the molecule is O=C1C2=C(C(=O)c3ccccc31)N1C(=O)N(Cc3ccccc3)C[C@@]13OC=C[C@@H]23. The summed E-state index contributed by atoms with van der Waals surface area (Å²) >= 11 is 0. The minimum atomic E-state index is -1.07. The average molecular weight is 384 g/mol. The maximum Gasteiger partial charge on any atom is 0.328 e. The van der Waals surface area contributed by atoms with Crippen LogP contribution in [0.25, 0.3) is 0 Å². The molecule has 1 fully saturated rings. The topological polar surface area (TPSA) is 66.9 Å². The van der Waals surface area contributed by atoms with Gasteiger partial charge >= 0.3 is 6.03 Å². The second-order valence-corrected chi connectivity index (χ2v) is 7.69. The van der Waals surface area contributed by atoms with Gasteiger partial charge in [0, 0.05) is 23.2 Å². The van der Waals surface area contributed by atoms with Gasteiger partial charge in [-0.3, -0.25) is 9.59 Å². The van der Waals surface area contributed by atoms with Crippen LogP contribution in [-0.4, -0.2) is 39.7 Å². The van der Waals surface area contributed by atoms with E-state index in [9.17, 15) is 14.4 Å². The van der Waals surface area contributed by atoms with Crippen LogP contribution in [0.5, 0.6) is 0 Å². The van der Waals surface area contributed by atoms with E-state index in [1.807, 2.05) is 30.3 Å². The number of rotatable bonds is 2. The summed E-state index contributed by atoms with van der Waals surface area (Å²) in [7, 11) is 0. The smallest absolute Gasteiger partial charge is 0.328 e. The van der Waals surface area contributed by atoms with E-state index >= 15 is 0 Å². The van der Waals surface area contributed by atoms with Crippen molar-refractivity contribution in [1.29, 1.82) is 0 Å². The van der Waals surface area contributed by atoms with Crippen molar-refractivity contribution in [3.8, 4) is 0 Å². The molecule has 2 atom stereocenters. The molecule has 0 saturated carbocycles. The van der Waals surface area contributed by atoms with Gasteiger partial charge in [-0.25, -0.2) is 9.69 Å². The maximum absolute atomic E-state index is 13.4. The van der Waals surface area contributed by atoms with Gasteiger partial charge in [0.25, 0.3) is 0 Å². The number of carbonyl (C=O) groups is 3. The highest BCUT2D eigenvalue weighted by Crippen LogP contribution is 2.54. The summed E-state index contributed by atoms with van der Waals surface area (Å²) in [4.78, 5) is 43.1. The largest absolute Gasteiger partial charge is 0.472 e. The number of nitrogens with zero attached hydrogens (tertiary/aromatic N) is 2. The van der Waals surface area contributed by atoms with E-state index < -0.39 is 11.6 Å². The number of amides is 2. The Labute approximate surface area is 166 Å². The van der Waals surface area contributed by atoms with E-state index in [1.54, 1.807) is 41.5 Å². The van der Waals surface area contributed by atoms with Gasteiger partial charge < -0.3 is 9.64 Å². The Morgan fingerprint density at radius 2 is 1.62 bits per heavy atom. The second kappa shape index (κ2) is 5.44. The highest BCUT2D eigenvalue weighted by molar-refractivity contribution is 6.28. The van der Waals surface area contributed by atoms with Crippen molar-refractivity contribution in [1.82, 2.24) is 9.80 Å². The Morgan fingerprint density at radius 1 is 0.931 bits per heavy atom. The molecule has 2 aromatic rings. The lowest BCUT2D eigenvalue weighted by molar-refractivity contribution is -0.0423. The van der Waals surface area contributed by atoms with Gasteiger partial charge in [-0.05, 0) is 11.6 Å². The number of Topliss-reactive ketones (excluding diaryl/α,β-unsaturated/α-hetero) is 2. The minimum Gasteiger partial charge on any atom is -0.472 e. The van der Waals surface area contributed by atoms with Gasteiger partial charge in [-0.1, -0.05) is 54.6 Å². The van der Waals surface area contributed by atoms with Crippen LogP contribution >= 0.6 is 0 Å². The van der Waals surface area contributed by atoms with E-state index in [4.69, 9.17) is 4.74 Å². The van der Waals surface area contributed by atoms with Crippen molar-refractivity contribution in [2.75, 3.05) is 6.54 Å². The molecule has 6 nitrogen and oxygen atoms in total. The number of carbonyl (C=O) groups excluding carboxylic acids is 3. The lowest BCUT2D eigenvalue weighted by Gasteiger charge is -2.30. The van der Waals surface area contributed by atoms with Crippen molar-refractivity contribution in [3.63, 3.8) is 0 Å². The molecule has 1 aliphatic carbocycles. The molecule has 0 unspecified atom stereocenters. The number of urea groups is 1. The van der Waals surface area contributed by atoms with Crippen molar-refractivity contribution >= 4 is 17.6 Å². The first-order valence-corrected chi connectivity index (χ1v) is 9.52. The molecule has 1 saturated heterocycles. The Hall–Kier alpha value is -3.67. The first-order chi connectivity index (χ1) is 14.1. The van der Waals surface area contributed by atoms with Crippen LogP contribution in [0.3, 0.4) is 0 Å². The van der Waals surface area contributed by atoms with Crippen LogP contribution in [0, 0.1) is 5.92 Å². The van der Waals surface area contributed by atoms with Crippen LogP contribution in [0.4, 0.5) is 4.79 Å². The number of ether oxygens (including phenoxy) is 1. The van der Waals surface area contributed by atoms with E-state index in [-0.39, 0.29) is 29.8 Å². The second-order valence-electron chi connectivity index (χ2n) is 7.69. The number of hydrogen-bond donors (Lipinski definition) is 0. The Balaban J connectivity index is 1.47. The molecule has 142 valence electrons. The predicted molar refractivity (Wildman–Crippen MR) is 103 cm³/mol. The number of ketones is 2. The molecule has 2 aromatic carbocycles. The Morgan fingerprint density at radius 3 is 2.38 bits per heavy atom. The lowest BCUT2D eigenvalue weighted by atomic mass is 9.81. The van der Waals surface area contributed by atoms with E-state index in [0.29, 0.717) is 23.2 Å². The molecule has 6 heteroatoms.